The van der Waals surface area contributed by atoms with Crippen molar-refractivity contribution < 1.29 is 18.4 Å². The van der Waals surface area contributed by atoms with E-state index in [0.29, 0.717) is 48.9 Å². The molecule has 0 radical (unpaired) electrons. The average molecular weight is 482 g/mol. The Hall–Kier alpha value is -3.39. The molecule has 0 aliphatic carbocycles. The number of anilines is 2. The maximum absolute atomic E-state index is 14.0. The Balaban J connectivity index is 1.22. The molecule has 3 aromatic carbocycles. The summed E-state index contributed by atoms with van der Waals surface area (Å²) in [4.78, 5) is 28.7. The minimum Gasteiger partial charge on any atom is -0.366 e. The van der Waals surface area contributed by atoms with Crippen LogP contribution in [0.1, 0.15) is 15.9 Å². The minimum atomic E-state index is -0.348. The van der Waals surface area contributed by atoms with E-state index >= 15 is 0 Å². The summed E-state index contributed by atoms with van der Waals surface area (Å²) in [7, 11) is 0. The highest BCUT2D eigenvalue weighted by Crippen LogP contribution is 2.21. The van der Waals surface area contributed by atoms with Gasteiger partial charge in [-0.15, -0.1) is 11.8 Å². The third-order valence-corrected chi connectivity index (χ3v) is 6.59. The van der Waals surface area contributed by atoms with Crippen LogP contribution in [0.25, 0.3) is 0 Å². The van der Waals surface area contributed by atoms with Gasteiger partial charge in [0, 0.05) is 43.2 Å². The Morgan fingerprint density at radius 1 is 0.853 bits per heavy atom. The second-order valence-corrected chi connectivity index (χ2v) is 8.96. The first-order chi connectivity index (χ1) is 16.5. The Bertz CT molecular complexity index is 1130. The molecule has 1 fully saturated rings. The lowest BCUT2D eigenvalue weighted by atomic mass is 10.1. The van der Waals surface area contributed by atoms with Gasteiger partial charge in [0.2, 0.25) is 5.91 Å². The number of carbonyl (C=O) groups is 2. The van der Waals surface area contributed by atoms with Gasteiger partial charge < -0.3 is 15.1 Å². The fourth-order valence-electron chi connectivity index (χ4n) is 3.78. The molecule has 0 unspecified atom stereocenters. The maximum Gasteiger partial charge on any atom is 0.253 e. The van der Waals surface area contributed by atoms with Gasteiger partial charge >= 0.3 is 0 Å². The molecule has 0 aromatic heterocycles. The normalized spacial score (nSPS) is 13.6. The lowest BCUT2D eigenvalue weighted by molar-refractivity contribution is -0.113. The first-order valence-corrected chi connectivity index (χ1v) is 12.2. The quantitative estimate of drug-likeness (QED) is 0.527. The number of carbonyl (C=O) groups excluding carboxylic acids is 2. The third-order valence-electron chi connectivity index (χ3n) is 5.59. The summed E-state index contributed by atoms with van der Waals surface area (Å²) in [5.74, 6) is 0.114. The predicted octanol–water partition coefficient (Wildman–Crippen LogP) is 4.80. The van der Waals surface area contributed by atoms with Crippen LogP contribution in [0.3, 0.4) is 0 Å². The van der Waals surface area contributed by atoms with Crippen molar-refractivity contribution >= 4 is 35.0 Å². The van der Waals surface area contributed by atoms with E-state index in [0.717, 1.165) is 5.56 Å². The predicted molar refractivity (Wildman–Crippen MR) is 132 cm³/mol. The SMILES string of the molecule is O=C(CSCc1ccc(C(=O)N2CCN(c3ccccc3F)CC2)cc1)Nc1ccc(F)cc1. The summed E-state index contributed by atoms with van der Waals surface area (Å²) in [5.41, 5.74) is 2.76. The number of rotatable bonds is 7. The first-order valence-electron chi connectivity index (χ1n) is 11.0. The molecule has 8 heteroatoms. The smallest absolute Gasteiger partial charge is 0.253 e. The van der Waals surface area contributed by atoms with E-state index in [2.05, 4.69) is 5.32 Å². The standard InChI is InChI=1S/C26H25F2N3O2S/c27-21-9-11-22(12-10-21)29-25(32)18-34-17-19-5-7-20(8-6-19)26(33)31-15-13-30(14-16-31)24-4-2-1-3-23(24)28/h1-12H,13-18H2,(H,29,32). The van der Waals surface area contributed by atoms with E-state index in [1.165, 1.54) is 42.1 Å². The first kappa shape index (κ1) is 23.8. The molecule has 0 spiro atoms. The van der Waals surface area contributed by atoms with Gasteiger partial charge in [-0.3, -0.25) is 9.59 Å². The van der Waals surface area contributed by atoms with Gasteiger partial charge in [0.25, 0.3) is 5.91 Å². The van der Waals surface area contributed by atoms with Gasteiger partial charge in [-0.2, -0.15) is 0 Å². The van der Waals surface area contributed by atoms with Crippen molar-refractivity contribution in [3.63, 3.8) is 0 Å². The second-order valence-electron chi connectivity index (χ2n) is 7.98. The zero-order valence-electron chi connectivity index (χ0n) is 18.5. The van der Waals surface area contributed by atoms with Crippen LogP contribution < -0.4 is 10.2 Å². The van der Waals surface area contributed by atoms with E-state index in [4.69, 9.17) is 0 Å². The summed E-state index contributed by atoms with van der Waals surface area (Å²) in [5, 5.41) is 2.73. The Kier molecular flexibility index (Phi) is 7.80. The summed E-state index contributed by atoms with van der Waals surface area (Å²) in [6.45, 7) is 2.24. The van der Waals surface area contributed by atoms with Crippen LogP contribution in [-0.4, -0.2) is 48.6 Å². The Morgan fingerprint density at radius 3 is 2.21 bits per heavy atom. The maximum atomic E-state index is 14.0. The van der Waals surface area contributed by atoms with E-state index in [1.807, 2.05) is 23.1 Å². The highest BCUT2D eigenvalue weighted by Gasteiger charge is 2.23. The number of benzene rings is 3. The molecule has 4 rings (SSSR count). The van der Waals surface area contributed by atoms with Crippen molar-refractivity contribution in [1.29, 1.82) is 0 Å². The summed E-state index contributed by atoms with van der Waals surface area (Å²) in [6, 6.07) is 19.7. The molecule has 1 N–H and O–H groups in total. The number of para-hydroxylation sites is 1. The number of nitrogens with zero attached hydrogens (tertiary/aromatic N) is 2. The van der Waals surface area contributed by atoms with Crippen LogP contribution in [0.4, 0.5) is 20.2 Å². The molecule has 1 aliphatic heterocycles. The molecule has 3 aromatic rings. The van der Waals surface area contributed by atoms with Crippen molar-refractivity contribution in [1.82, 2.24) is 4.90 Å². The van der Waals surface area contributed by atoms with Crippen molar-refractivity contribution in [2.24, 2.45) is 0 Å². The van der Waals surface area contributed by atoms with Crippen LogP contribution in [0.15, 0.2) is 72.8 Å². The molecule has 2 amide bonds. The van der Waals surface area contributed by atoms with Gasteiger partial charge in [0.05, 0.1) is 11.4 Å². The minimum absolute atomic E-state index is 0.0361. The van der Waals surface area contributed by atoms with Gasteiger partial charge in [-0.1, -0.05) is 24.3 Å². The van der Waals surface area contributed by atoms with Crippen molar-refractivity contribution in [3.8, 4) is 0 Å². The monoisotopic (exact) mass is 481 g/mol. The molecular weight excluding hydrogens is 456 g/mol. The second kappa shape index (κ2) is 11.2. The van der Waals surface area contributed by atoms with Crippen molar-refractivity contribution in [3.05, 3.63) is 95.6 Å². The highest BCUT2D eigenvalue weighted by atomic mass is 32.2. The van der Waals surface area contributed by atoms with Crippen LogP contribution >= 0.6 is 11.8 Å². The van der Waals surface area contributed by atoms with E-state index in [1.54, 1.807) is 29.2 Å². The molecule has 1 heterocycles. The summed E-state index contributed by atoms with van der Waals surface area (Å²) < 4.78 is 27.0. The van der Waals surface area contributed by atoms with Crippen molar-refractivity contribution in [2.45, 2.75) is 5.75 Å². The molecular formula is C26H25F2N3O2S. The average Bonchev–Trinajstić information content (AvgIpc) is 2.86. The molecule has 1 saturated heterocycles. The van der Waals surface area contributed by atoms with E-state index < -0.39 is 0 Å². The molecule has 34 heavy (non-hydrogen) atoms. The number of thioether (sulfide) groups is 1. The number of amides is 2. The van der Waals surface area contributed by atoms with Gasteiger partial charge in [0.1, 0.15) is 11.6 Å². The fraction of sp³-hybridized carbons (Fsp3) is 0.231. The number of hydrogen-bond donors (Lipinski definition) is 1. The van der Waals surface area contributed by atoms with Crippen LogP contribution in [0, 0.1) is 11.6 Å². The molecule has 1 aliphatic rings. The Labute approximate surface area is 201 Å². The molecule has 0 atom stereocenters. The number of hydrogen-bond acceptors (Lipinski definition) is 4. The zero-order chi connectivity index (χ0) is 23.9. The zero-order valence-corrected chi connectivity index (χ0v) is 19.4. The lowest BCUT2D eigenvalue weighted by Crippen LogP contribution is -2.49. The molecule has 0 saturated carbocycles. The number of nitrogens with one attached hydrogen (secondary N) is 1. The van der Waals surface area contributed by atoms with Crippen LogP contribution in [0.5, 0.6) is 0 Å². The number of halogens is 2. The third kappa shape index (κ3) is 6.14. The topological polar surface area (TPSA) is 52.7 Å². The van der Waals surface area contributed by atoms with Gasteiger partial charge in [-0.05, 0) is 54.1 Å². The fourth-order valence-corrected chi connectivity index (χ4v) is 4.56. The largest absolute Gasteiger partial charge is 0.366 e. The van der Waals surface area contributed by atoms with Gasteiger partial charge in [0.15, 0.2) is 0 Å². The Morgan fingerprint density at radius 2 is 1.53 bits per heavy atom. The van der Waals surface area contributed by atoms with Gasteiger partial charge in [-0.25, -0.2) is 8.78 Å². The summed E-state index contributed by atoms with van der Waals surface area (Å²) in [6.07, 6.45) is 0. The number of piperazine rings is 1. The van der Waals surface area contributed by atoms with Crippen LogP contribution in [0.2, 0.25) is 0 Å². The molecule has 176 valence electrons. The summed E-state index contributed by atoms with van der Waals surface area (Å²) >= 11 is 1.46. The molecule has 0 bridgehead atoms. The van der Waals surface area contributed by atoms with E-state index in [-0.39, 0.29) is 29.2 Å². The molecule has 5 nitrogen and oxygen atoms in total. The van der Waals surface area contributed by atoms with Crippen LogP contribution in [-0.2, 0) is 10.5 Å². The highest BCUT2D eigenvalue weighted by molar-refractivity contribution is 7.99. The van der Waals surface area contributed by atoms with E-state index in [9.17, 15) is 18.4 Å². The lowest BCUT2D eigenvalue weighted by Gasteiger charge is -2.36. The van der Waals surface area contributed by atoms with Crippen molar-refractivity contribution in [2.75, 3.05) is 42.1 Å².